The lowest BCUT2D eigenvalue weighted by Gasteiger charge is -1.96. The van der Waals surface area contributed by atoms with Gasteiger partial charge in [-0.3, -0.25) is 20.2 Å². The minimum absolute atomic E-state index is 0.0223. The summed E-state index contributed by atoms with van der Waals surface area (Å²) in [5, 5.41) is 28.6. The Morgan fingerprint density at radius 1 is 1.24 bits per heavy atom. The molecule has 1 rings (SSSR count). The van der Waals surface area contributed by atoms with Gasteiger partial charge in [-0.05, 0) is 12.5 Å². The Hall–Kier alpha value is -2.38. The van der Waals surface area contributed by atoms with E-state index in [4.69, 9.17) is 0 Å². The van der Waals surface area contributed by atoms with Gasteiger partial charge in [-0.15, -0.1) is 5.11 Å². The topological polar surface area (TPSA) is 111 Å². The second-order valence-corrected chi connectivity index (χ2v) is 3.15. The highest BCUT2D eigenvalue weighted by molar-refractivity contribution is 5.61. The van der Waals surface area contributed by atoms with Gasteiger partial charge in [0.15, 0.2) is 5.69 Å². The Kier molecular flexibility index (Phi) is 4.21. The highest BCUT2D eigenvalue weighted by Crippen LogP contribution is 2.31. The van der Waals surface area contributed by atoms with Crippen LogP contribution in [0, 0.1) is 20.2 Å². The molecule has 0 aliphatic rings. The van der Waals surface area contributed by atoms with Crippen molar-refractivity contribution in [3.63, 3.8) is 0 Å². The third kappa shape index (κ3) is 3.30. The van der Waals surface area contributed by atoms with Crippen LogP contribution in [-0.4, -0.2) is 16.4 Å². The number of hydrogen-bond acceptors (Lipinski definition) is 6. The predicted molar refractivity (Wildman–Crippen MR) is 59.4 cm³/mol. The van der Waals surface area contributed by atoms with Crippen LogP contribution in [0.15, 0.2) is 28.4 Å². The molecule has 17 heavy (non-hydrogen) atoms. The van der Waals surface area contributed by atoms with E-state index in [0.29, 0.717) is 6.54 Å². The monoisotopic (exact) mass is 238 g/mol. The fraction of sp³-hybridized carbons (Fsp3) is 0.333. The van der Waals surface area contributed by atoms with E-state index in [1.807, 2.05) is 6.92 Å². The zero-order chi connectivity index (χ0) is 12.8. The average Bonchev–Trinajstić information content (AvgIpc) is 2.29. The number of azo groups is 1. The first-order valence-corrected chi connectivity index (χ1v) is 4.86. The van der Waals surface area contributed by atoms with Crippen LogP contribution in [0.4, 0.5) is 17.1 Å². The number of nitro benzene ring substituents is 2. The summed E-state index contributed by atoms with van der Waals surface area (Å²) in [4.78, 5) is 19.8. The predicted octanol–water partition coefficient (Wildman–Crippen LogP) is 3.00. The molecular formula is C9H10N4O4. The fourth-order valence-electron chi connectivity index (χ4n) is 1.08. The summed E-state index contributed by atoms with van der Waals surface area (Å²) in [6.07, 6.45) is 0.768. The molecule has 0 atom stereocenters. The zero-order valence-electron chi connectivity index (χ0n) is 9.07. The van der Waals surface area contributed by atoms with Crippen LogP contribution in [-0.2, 0) is 0 Å². The van der Waals surface area contributed by atoms with Crippen LogP contribution in [0.25, 0.3) is 0 Å². The minimum Gasteiger partial charge on any atom is -0.258 e. The molecule has 0 aliphatic heterocycles. The molecule has 0 saturated heterocycles. The average molecular weight is 238 g/mol. The fourth-order valence-corrected chi connectivity index (χ4v) is 1.08. The number of hydrogen-bond donors (Lipinski definition) is 0. The van der Waals surface area contributed by atoms with Crippen molar-refractivity contribution >= 4 is 17.1 Å². The van der Waals surface area contributed by atoms with Crippen LogP contribution >= 0.6 is 0 Å². The lowest BCUT2D eigenvalue weighted by molar-refractivity contribution is -0.393. The summed E-state index contributed by atoms with van der Waals surface area (Å²) >= 11 is 0. The van der Waals surface area contributed by atoms with Gasteiger partial charge in [0.05, 0.1) is 22.5 Å². The number of non-ortho nitro benzene ring substituents is 1. The highest BCUT2D eigenvalue weighted by atomic mass is 16.6. The van der Waals surface area contributed by atoms with Crippen molar-refractivity contribution in [1.29, 1.82) is 0 Å². The molecule has 1 aromatic carbocycles. The van der Waals surface area contributed by atoms with Crippen molar-refractivity contribution in [2.75, 3.05) is 6.54 Å². The van der Waals surface area contributed by atoms with E-state index in [9.17, 15) is 20.2 Å². The van der Waals surface area contributed by atoms with Gasteiger partial charge in [-0.1, -0.05) is 6.92 Å². The zero-order valence-corrected chi connectivity index (χ0v) is 9.07. The van der Waals surface area contributed by atoms with E-state index in [-0.39, 0.29) is 11.4 Å². The summed E-state index contributed by atoms with van der Waals surface area (Å²) < 4.78 is 0. The molecule has 8 heteroatoms. The molecular weight excluding hydrogens is 228 g/mol. The first kappa shape index (κ1) is 12.7. The highest BCUT2D eigenvalue weighted by Gasteiger charge is 2.19. The van der Waals surface area contributed by atoms with Crippen molar-refractivity contribution in [2.45, 2.75) is 13.3 Å². The molecule has 0 saturated carbocycles. The van der Waals surface area contributed by atoms with Gasteiger partial charge in [0.25, 0.3) is 5.69 Å². The molecule has 0 unspecified atom stereocenters. The Balaban J connectivity index is 3.13. The lowest BCUT2D eigenvalue weighted by atomic mass is 10.2. The Labute approximate surface area is 96.3 Å². The van der Waals surface area contributed by atoms with Crippen molar-refractivity contribution in [3.05, 3.63) is 38.4 Å². The third-order valence-corrected chi connectivity index (χ3v) is 1.87. The van der Waals surface area contributed by atoms with Crippen LogP contribution in [0.3, 0.4) is 0 Å². The second-order valence-electron chi connectivity index (χ2n) is 3.15. The number of rotatable bonds is 5. The van der Waals surface area contributed by atoms with Crippen LogP contribution in [0.1, 0.15) is 13.3 Å². The van der Waals surface area contributed by atoms with Gasteiger partial charge >= 0.3 is 5.69 Å². The quantitative estimate of drug-likeness (QED) is 0.445. The Morgan fingerprint density at radius 3 is 2.47 bits per heavy atom. The molecule has 0 fully saturated rings. The molecule has 0 spiro atoms. The van der Waals surface area contributed by atoms with Crippen LogP contribution in [0.5, 0.6) is 0 Å². The summed E-state index contributed by atoms with van der Waals surface area (Å²) in [5.41, 5.74) is -0.737. The van der Waals surface area contributed by atoms with Gasteiger partial charge in [0, 0.05) is 6.07 Å². The molecule has 0 amide bonds. The van der Waals surface area contributed by atoms with Gasteiger partial charge in [-0.2, -0.15) is 5.11 Å². The van der Waals surface area contributed by atoms with E-state index in [1.54, 1.807) is 0 Å². The summed E-state index contributed by atoms with van der Waals surface area (Å²) in [6, 6.07) is 3.25. The largest absolute Gasteiger partial charge is 0.303 e. The number of nitro groups is 2. The van der Waals surface area contributed by atoms with Crippen molar-refractivity contribution < 1.29 is 9.85 Å². The minimum atomic E-state index is -0.715. The van der Waals surface area contributed by atoms with Gasteiger partial charge < -0.3 is 0 Å². The van der Waals surface area contributed by atoms with Crippen molar-refractivity contribution in [1.82, 2.24) is 0 Å². The van der Waals surface area contributed by atoms with E-state index < -0.39 is 15.5 Å². The normalized spacial score (nSPS) is 10.6. The molecule has 0 aliphatic carbocycles. The summed E-state index contributed by atoms with van der Waals surface area (Å²) in [5.74, 6) is 0. The molecule has 0 radical (unpaired) electrons. The maximum Gasteiger partial charge on any atom is 0.303 e. The second kappa shape index (κ2) is 5.64. The first-order valence-electron chi connectivity index (χ1n) is 4.86. The molecule has 0 aromatic heterocycles. The van der Waals surface area contributed by atoms with Crippen molar-refractivity contribution in [2.24, 2.45) is 10.2 Å². The smallest absolute Gasteiger partial charge is 0.258 e. The Morgan fingerprint density at radius 2 is 1.94 bits per heavy atom. The van der Waals surface area contributed by atoms with Crippen LogP contribution < -0.4 is 0 Å². The van der Waals surface area contributed by atoms with Crippen molar-refractivity contribution in [3.8, 4) is 0 Å². The first-order chi connectivity index (χ1) is 8.06. The van der Waals surface area contributed by atoms with Crippen LogP contribution in [0.2, 0.25) is 0 Å². The summed E-state index contributed by atoms with van der Waals surface area (Å²) in [7, 11) is 0. The molecule has 0 N–H and O–H groups in total. The van der Waals surface area contributed by atoms with Gasteiger partial charge in [0.1, 0.15) is 0 Å². The van der Waals surface area contributed by atoms with E-state index in [0.717, 1.165) is 18.6 Å². The number of benzene rings is 1. The van der Waals surface area contributed by atoms with Gasteiger partial charge in [0.2, 0.25) is 0 Å². The Bertz CT molecular complexity index is 472. The standard InChI is InChI=1S/C9H10N4O4/c1-2-5-10-11-8-4-3-7(12(14)15)6-9(8)13(16)17/h3-4,6H,2,5H2,1H3. The number of nitrogens with zero attached hydrogens (tertiary/aromatic N) is 4. The molecule has 0 bridgehead atoms. The third-order valence-electron chi connectivity index (χ3n) is 1.87. The maximum absolute atomic E-state index is 10.7. The van der Waals surface area contributed by atoms with E-state index in [1.165, 1.54) is 6.07 Å². The molecule has 90 valence electrons. The summed E-state index contributed by atoms with van der Waals surface area (Å²) in [6.45, 7) is 2.34. The molecule has 0 heterocycles. The van der Waals surface area contributed by atoms with E-state index >= 15 is 0 Å². The SMILES string of the molecule is CCCN=Nc1ccc([N+](=O)[O-])cc1[N+](=O)[O-]. The lowest BCUT2D eigenvalue weighted by Crippen LogP contribution is -1.92. The molecule has 1 aromatic rings. The maximum atomic E-state index is 10.7. The molecule has 8 nitrogen and oxygen atoms in total. The van der Waals surface area contributed by atoms with Gasteiger partial charge in [-0.25, -0.2) is 0 Å². The van der Waals surface area contributed by atoms with E-state index in [2.05, 4.69) is 10.2 Å².